The molecule has 0 atom stereocenters. The first-order valence-electron chi connectivity index (χ1n) is 2.42. The van der Waals surface area contributed by atoms with Crippen molar-refractivity contribution >= 4 is 27.4 Å². The standard InChI is InChI=1S/H10N6O3P2S/c1-10(2,7)5-9-12-6-11(3,4)8/h(H5,1,2,5,7)(H5,3,4,6,8). The van der Waals surface area contributed by atoms with Gasteiger partial charge >= 0.3 is 0 Å². The molecular formula is H10N6O3P2S. The van der Waals surface area contributed by atoms with Crippen LogP contribution < -0.4 is 31.8 Å². The Morgan fingerprint density at radius 1 is 1.08 bits per heavy atom. The summed E-state index contributed by atoms with van der Waals surface area (Å²) in [6.45, 7) is 0. The predicted octanol–water partition coefficient (Wildman–Crippen LogP) is -1.29. The molecule has 0 aliphatic heterocycles. The Labute approximate surface area is 73.3 Å². The molecule has 0 spiro atoms. The summed E-state index contributed by atoms with van der Waals surface area (Å²) in [4.78, 5) is 0. The van der Waals surface area contributed by atoms with Crippen molar-refractivity contribution in [1.82, 2.24) is 9.74 Å². The highest BCUT2D eigenvalue weighted by Crippen LogP contribution is 2.24. The maximum absolute atomic E-state index is 10.5. The second-order valence-corrected chi connectivity index (χ2v) is 5.85. The van der Waals surface area contributed by atoms with Crippen molar-refractivity contribution in [2.75, 3.05) is 0 Å². The lowest BCUT2D eigenvalue weighted by molar-refractivity contribution is 0.317. The first-order valence-corrected chi connectivity index (χ1v) is 6.85. The van der Waals surface area contributed by atoms with Crippen LogP contribution in [0.5, 0.6) is 0 Å². The highest BCUT2D eigenvalue weighted by atomic mass is 32.2. The van der Waals surface area contributed by atoms with E-state index in [9.17, 15) is 9.13 Å². The molecule has 0 aromatic heterocycles. The largest absolute Gasteiger partial charge is 0.297 e. The van der Waals surface area contributed by atoms with Crippen LogP contribution in [0.4, 0.5) is 0 Å². The molecule has 0 heterocycles. The van der Waals surface area contributed by atoms with Crippen LogP contribution in [0, 0.1) is 0 Å². The van der Waals surface area contributed by atoms with E-state index in [2.05, 4.69) is 4.28 Å². The molecule has 0 bridgehead atoms. The van der Waals surface area contributed by atoms with Crippen LogP contribution in [-0.4, -0.2) is 0 Å². The normalized spacial score (nSPS) is 13.3. The van der Waals surface area contributed by atoms with Crippen molar-refractivity contribution in [2.24, 2.45) is 22.0 Å². The molecule has 0 unspecified atom stereocenters. The van der Waals surface area contributed by atoms with Crippen LogP contribution in [0.3, 0.4) is 0 Å². The van der Waals surface area contributed by atoms with Crippen molar-refractivity contribution in [3.8, 4) is 0 Å². The second-order valence-electron chi connectivity index (χ2n) is 1.77. The minimum atomic E-state index is -3.45. The molecule has 0 saturated heterocycles. The fourth-order valence-electron chi connectivity index (χ4n) is 0.154. The molecule has 0 fully saturated rings. The third kappa shape index (κ3) is 10.5. The van der Waals surface area contributed by atoms with Gasteiger partial charge in [-0.05, 0) is 0 Å². The quantitative estimate of drug-likeness (QED) is 0.111. The number of nitrogens with two attached hydrogens (primary N) is 4. The molecule has 0 aromatic rings. The summed E-state index contributed by atoms with van der Waals surface area (Å²) in [5.74, 6) is 0. The molecule has 0 radical (unpaired) electrons. The van der Waals surface area contributed by atoms with E-state index in [4.69, 9.17) is 22.0 Å². The van der Waals surface area contributed by atoms with Gasteiger partial charge in [0, 0.05) is 0 Å². The van der Waals surface area contributed by atoms with Crippen LogP contribution in [0.25, 0.3) is 0 Å². The lowest BCUT2D eigenvalue weighted by Gasteiger charge is -2.09. The minimum Gasteiger partial charge on any atom is -0.271 e. The number of nitrogens with one attached hydrogen (secondary N) is 2. The van der Waals surface area contributed by atoms with Gasteiger partial charge in [-0.1, -0.05) is 0 Å². The third-order valence-electron chi connectivity index (χ3n) is 0.402. The van der Waals surface area contributed by atoms with Crippen LogP contribution in [-0.2, 0) is 13.4 Å². The summed E-state index contributed by atoms with van der Waals surface area (Å²) in [7, 11) is -6.82. The van der Waals surface area contributed by atoms with E-state index < -0.39 is 15.2 Å². The molecule has 0 aliphatic carbocycles. The lowest BCUT2D eigenvalue weighted by Crippen LogP contribution is -2.23. The van der Waals surface area contributed by atoms with Gasteiger partial charge in [0.15, 0.2) is 0 Å². The van der Waals surface area contributed by atoms with Crippen molar-refractivity contribution in [3.63, 3.8) is 0 Å². The first kappa shape index (κ1) is 12.5. The molecule has 0 rings (SSSR count). The highest BCUT2D eigenvalue weighted by Gasteiger charge is 2.10. The van der Waals surface area contributed by atoms with Gasteiger partial charge in [0.1, 0.15) is 12.2 Å². The first-order chi connectivity index (χ1) is 5.21. The number of hydrogen-bond donors (Lipinski definition) is 6. The maximum atomic E-state index is 10.5. The SMILES string of the molecule is NP(N)(=O)NOSNP(N)(N)=O. The molecule has 0 aromatic carbocycles. The molecule has 74 valence electrons. The Bertz CT molecular complexity index is 193. The van der Waals surface area contributed by atoms with Crippen molar-refractivity contribution in [1.29, 1.82) is 0 Å². The Morgan fingerprint density at radius 2 is 1.58 bits per heavy atom. The van der Waals surface area contributed by atoms with E-state index in [1.54, 1.807) is 5.25 Å². The molecule has 0 amide bonds. The van der Waals surface area contributed by atoms with E-state index in [-0.39, 0.29) is 0 Å². The summed E-state index contributed by atoms with van der Waals surface area (Å²) < 4.78 is 27.3. The maximum Gasteiger partial charge on any atom is 0.297 e. The smallest absolute Gasteiger partial charge is 0.271 e. The van der Waals surface area contributed by atoms with Gasteiger partial charge < -0.3 is 0 Å². The van der Waals surface area contributed by atoms with Crippen LogP contribution >= 0.6 is 27.4 Å². The Kier molecular flexibility index (Phi) is 4.89. The van der Waals surface area contributed by atoms with Crippen LogP contribution in [0.15, 0.2) is 0 Å². The number of rotatable bonds is 5. The molecular weight excluding hydrogens is 226 g/mol. The molecule has 0 saturated carbocycles. The van der Waals surface area contributed by atoms with E-state index in [0.717, 1.165) is 0 Å². The third-order valence-corrected chi connectivity index (χ3v) is 2.51. The second kappa shape index (κ2) is 4.68. The summed E-state index contributed by atoms with van der Waals surface area (Å²) in [6.07, 6.45) is 0. The molecule has 0 aliphatic rings. The Morgan fingerprint density at radius 3 is 1.92 bits per heavy atom. The van der Waals surface area contributed by atoms with Crippen LogP contribution in [0.1, 0.15) is 0 Å². The summed E-state index contributed by atoms with van der Waals surface area (Å²) in [6, 6.07) is 0. The molecule has 12 heteroatoms. The zero-order chi connectivity index (χ0) is 9.83. The van der Waals surface area contributed by atoms with Gasteiger partial charge in [-0.3, -0.25) is 31.1 Å². The van der Waals surface area contributed by atoms with E-state index in [0.29, 0.717) is 12.2 Å². The van der Waals surface area contributed by atoms with E-state index >= 15 is 0 Å². The molecule has 10 N–H and O–H groups in total. The van der Waals surface area contributed by atoms with E-state index in [1.165, 1.54) is 0 Å². The topological polar surface area (TPSA) is 172 Å². The van der Waals surface area contributed by atoms with Gasteiger partial charge in [0.2, 0.25) is 0 Å². The van der Waals surface area contributed by atoms with Crippen molar-refractivity contribution < 1.29 is 13.4 Å². The monoisotopic (exact) mass is 236 g/mol. The fraction of sp³-hybridized carbons (Fsp3) is 0. The van der Waals surface area contributed by atoms with Crippen molar-refractivity contribution in [3.05, 3.63) is 0 Å². The number of hydrogen-bond acceptors (Lipinski definition) is 4. The zero-order valence-electron chi connectivity index (χ0n) is 5.84. The highest BCUT2D eigenvalue weighted by molar-refractivity contribution is 7.98. The van der Waals surface area contributed by atoms with Gasteiger partial charge in [-0.2, -0.15) is 4.49 Å². The van der Waals surface area contributed by atoms with Gasteiger partial charge in [0.05, 0.1) is 0 Å². The Balaban J connectivity index is 3.48. The average Bonchev–Trinajstić information content (AvgIpc) is 1.76. The molecule has 9 nitrogen and oxygen atoms in total. The zero-order valence-corrected chi connectivity index (χ0v) is 8.44. The molecule has 12 heavy (non-hydrogen) atoms. The Hall–Kier alpha value is 0.530. The van der Waals surface area contributed by atoms with Gasteiger partial charge in [-0.25, -0.2) is 4.28 Å². The fourth-order valence-corrected chi connectivity index (χ4v) is 1.38. The summed E-state index contributed by atoms with van der Waals surface area (Å²) in [5, 5.41) is 1.77. The van der Waals surface area contributed by atoms with Gasteiger partial charge in [-0.15, -0.1) is 5.25 Å². The van der Waals surface area contributed by atoms with E-state index in [1.807, 2.05) is 4.49 Å². The minimum absolute atomic E-state index is 0.381. The average molecular weight is 236 g/mol. The lowest BCUT2D eigenvalue weighted by atomic mass is 13.5. The predicted molar refractivity (Wildman–Crippen MR) is 46.9 cm³/mol. The summed E-state index contributed by atoms with van der Waals surface area (Å²) >= 11 is 0.381. The summed E-state index contributed by atoms with van der Waals surface area (Å²) in [5.41, 5.74) is 19.3. The van der Waals surface area contributed by atoms with Gasteiger partial charge in [0.25, 0.3) is 15.2 Å². The van der Waals surface area contributed by atoms with Crippen LogP contribution in [0.2, 0.25) is 0 Å². The van der Waals surface area contributed by atoms with Crippen molar-refractivity contribution in [2.45, 2.75) is 0 Å².